The molecule has 134 valence electrons. The van der Waals surface area contributed by atoms with Gasteiger partial charge in [-0.1, -0.05) is 32.9 Å². The number of cyclic esters (lactones) is 1. The maximum absolute atomic E-state index is 12.5. The molecule has 6 nitrogen and oxygen atoms in total. The van der Waals surface area contributed by atoms with Gasteiger partial charge in [0.15, 0.2) is 0 Å². The lowest BCUT2D eigenvalue weighted by Gasteiger charge is -2.19. The summed E-state index contributed by atoms with van der Waals surface area (Å²) in [4.78, 5) is 28.8. The fourth-order valence-electron chi connectivity index (χ4n) is 2.99. The van der Waals surface area contributed by atoms with Gasteiger partial charge in [0.1, 0.15) is 12.3 Å². The maximum Gasteiger partial charge on any atom is 0.410 e. The number of hydrogen-bond acceptors (Lipinski definition) is 3. The minimum Gasteiger partial charge on any atom is -0.448 e. The van der Waals surface area contributed by atoms with E-state index in [9.17, 15) is 9.59 Å². The molecule has 1 atom stereocenters. The number of rotatable bonds is 4. The molecule has 0 aliphatic carbocycles. The number of carbonyl (C=O) groups excluding carboxylic acids is 2. The number of fused-ring (bicyclic) bond motifs is 1. The largest absolute Gasteiger partial charge is 0.448 e. The Morgan fingerprint density at radius 2 is 2.12 bits per heavy atom. The van der Waals surface area contributed by atoms with Gasteiger partial charge in [-0.25, -0.2) is 4.79 Å². The van der Waals surface area contributed by atoms with Crippen LogP contribution >= 0.6 is 0 Å². The van der Waals surface area contributed by atoms with E-state index < -0.39 is 0 Å². The predicted molar refractivity (Wildman–Crippen MR) is 96.8 cm³/mol. The van der Waals surface area contributed by atoms with Crippen LogP contribution in [-0.4, -0.2) is 47.6 Å². The Balaban J connectivity index is 1.70. The average molecular weight is 343 g/mol. The van der Waals surface area contributed by atoms with Gasteiger partial charge >= 0.3 is 6.09 Å². The summed E-state index contributed by atoms with van der Waals surface area (Å²) < 4.78 is 4.90. The van der Waals surface area contributed by atoms with E-state index >= 15 is 0 Å². The zero-order chi connectivity index (χ0) is 18.2. The fourth-order valence-corrected chi connectivity index (χ4v) is 2.99. The van der Waals surface area contributed by atoms with Gasteiger partial charge < -0.3 is 19.9 Å². The van der Waals surface area contributed by atoms with Crippen molar-refractivity contribution in [2.45, 2.75) is 39.2 Å². The van der Waals surface area contributed by atoms with E-state index in [1.807, 2.05) is 19.1 Å². The molecule has 1 aliphatic rings. The number of aromatic amines is 1. The van der Waals surface area contributed by atoms with Gasteiger partial charge in [0.2, 0.25) is 0 Å². The number of H-pyrrole nitrogens is 1. The summed E-state index contributed by atoms with van der Waals surface area (Å²) in [6, 6.07) is 7.92. The van der Waals surface area contributed by atoms with Crippen LogP contribution in [0.15, 0.2) is 24.3 Å². The van der Waals surface area contributed by atoms with E-state index in [-0.39, 0.29) is 23.5 Å². The predicted octanol–water partition coefficient (Wildman–Crippen LogP) is 3.04. The summed E-state index contributed by atoms with van der Waals surface area (Å²) in [6.07, 6.45) is -0.318. The first-order valence-corrected chi connectivity index (χ1v) is 8.60. The van der Waals surface area contributed by atoms with Crippen molar-refractivity contribution in [1.29, 1.82) is 0 Å². The van der Waals surface area contributed by atoms with Crippen LogP contribution in [0.4, 0.5) is 4.79 Å². The summed E-state index contributed by atoms with van der Waals surface area (Å²) in [7, 11) is 0. The molecule has 3 rings (SSSR count). The first-order chi connectivity index (χ1) is 11.7. The SMILES string of the molecule is C[C@H](CN1CCOC1=O)NC(=O)c1cc2ccc(C(C)(C)C)cc2[nH]1. The van der Waals surface area contributed by atoms with Crippen LogP contribution < -0.4 is 5.32 Å². The zero-order valence-electron chi connectivity index (χ0n) is 15.2. The Morgan fingerprint density at radius 1 is 1.36 bits per heavy atom. The van der Waals surface area contributed by atoms with Crippen molar-refractivity contribution in [1.82, 2.24) is 15.2 Å². The molecule has 1 aliphatic heterocycles. The second-order valence-corrected chi connectivity index (χ2v) is 7.67. The molecule has 0 spiro atoms. The van der Waals surface area contributed by atoms with Gasteiger partial charge in [0.25, 0.3) is 5.91 Å². The monoisotopic (exact) mass is 343 g/mol. The molecule has 0 bridgehead atoms. The summed E-state index contributed by atoms with van der Waals surface area (Å²) >= 11 is 0. The molecule has 2 N–H and O–H groups in total. The fraction of sp³-hybridized carbons (Fsp3) is 0.474. The number of ether oxygens (including phenoxy) is 1. The summed E-state index contributed by atoms with van der Waals surface area (Å²) in [5.41, 5.74) is 2.75. The van der Waals surface area contributed by atoms with Crippen LogP contribution in [-0.2, 0) is 10.2 Å². The second kappa shape index (κ2) is 6.43. The van der Waals surface area contributed by atoms with Gasteiger partial charge in [-0.2, -0.15) is 0 Å². The topological polar surface area (TPSA) is 74.4 Å². The van der Waals surface area contributed by atoms with Gasteiger partial charge in [0, 0.05) is 23.5 Å². The summed E-state index contributed by atoms with van der Waals surface area (Å²) in [5, 5.41) is 3.94. The maximum atomic E-state index is 12.5. The molecule has 2 heterocycles. The number of nitrogens with one attached hydrogen (secondary N) is 2. The molecule has 0 saturated carbocycles. The molecule has 0 unspecified atom stereocenters. The van der Waals surface area contributed by atoms with Gasteiger partial charge in [-0.15, -0.1) is 0 Å². The van der Waals surface area contributed by atoms with Gasteiger partial charge in [-0.05, 0) is 30.0 Å². The minimum absolute atomic E-state index is 0.0561. The standard InChI is InChI=1S/C19H25N3O3/c1-12(11-22-7-8-25-18(22)24)20-17(23)16-9-13-5-6-14(19(2,3)4)10-15(13)21-16/h5-6,9-10,12,21H,7-8,11H2,1-4H3,(H,20,23)/t12-/m1/s1. The van der Waals surface area contributed by atoms with Gasteiger partial charge in [-0.3, -0.25) is 4.79 Å². The van der Waals surface area contributed by atoms with Crippen molar-refractivity contribution < 1.29 is 14.3 Å². The molecular formula is C19H25N3O3. The number of amides is 2. The van der Waals surface area contributed by atoms with E-state index in [1.165, 1.54) is 5.56 Å². The molecule has 25 heavy (non-hydrogen) atoms. The zero-order valence-corrected chi connectivity index (χ0v) is 15.2. The molecular weight excluding hydrogens is 318 g/mol. The first-order valence-electron chi connectivity index (χ1n) is 8.60. The van der Waals surface area contributed by atoms with Crippen molar-refractivity contribution in [2.24, 2.45) is 0 Å². The molecule has 1 fully saturated rings. The van der Waals surface area contributed by atoms with Crippen LogP contribution in [0, 0.1) is 0 Å². The third-order valence-corrected chi connectivity index (χ3v) is 4.45. The third kappa shape index (κ3) is 3.78. The highest BCUT2D eigenvalue weighted by molar-refractivity contribution is 5.98. The molecule has 6 heteroatoms. The highest BCUT2D eigenvalue weighted by Crippen LogP contribution is 2.26. The van der Waals surface area contributed by atoms with E-state index in [2.05, 4.69) is 43.2 Å². The smallest absolute Gasteiger partial charge is 0.410 e. The van der Waals surface area contributed by atoms with Crippen LogP contribution in [0.2, 0.25) is 0 Å². The number of aromatic nitrogens is 1. The number of hydrogen-bond donors (Lipinski definition) is 2. The normalized spacial score (nSPS) is 16.2. The highest BCUT2D eigenvalue weighted by Gasteiger charge is 2.24. The Hall–Kier alpha value is -2.50. The molecule has 2 aromatic rings. The Kier molecular flexibility index (Phi) is 4.45. The Morgan fingerprint density at radius 3 is 2.76 bits per heavy atom. The third-order valence-electron chi connectivity index (χ3n) is 4.45. The molecule has 0 radical (unpaired) electrons. The number of carbonyl (C=O) groups is 2. The van der Waals surface area contributed by atoms with Crippen molar-refractivity contribution in [3.8, 4) is 0 Å². The molecule has 2 amide bonds. The molecule has 1 aromatic carbocycles. The van der Waals surface area contributed by atoms with Crippen molar-refractivity contribution in [2.75, 3.05) is 19.7 Å². The van der Waals surface area contributed by atoms with E-state index in [0.29, 0.717) is 25.4 Å². The van der Waals surface area contributed by atoms with Crippen LogP contribution in [0.1, 0.15) is 43.7 Å². The minimum atomic E-state index is -0.318. The lowest BCUT2D eigenvalue weighted by Crippen LogP contribution is -2.42. The van der Waals surface area contributed by atoms with Crippen molar-refractivity contribution in [3.63, 3.8) is 0 Å². The van der Waals surface area contributed by atoms with E-state index in [0.717, 1.165) is 10.9 Å². The van der Waals surface area contributed by atoms with E-state index in [1.54, 1.807) is 4.90 Å². The van der Waals surface area contributed by atoms with Crippen LogP contribution in [0.25, 0.3) is 10.9 Å². The summed E-state index contributed by atoms with van der Waals surface area (Å²) in [5.74, 6) is -0.173. The Labute approximate surface area is 147 Å². The highest BCUT2D eigenvalue weighted by atomic mass is 16.6. The van der Waals surface area contributed by atoms with E-state index in [4.69, 9.17) is 4.74 Å². The quantitative estimate of drug-likeness (QED) is 0.896. The first kappa shape index (κ1) is 17.3. The molecule has 1 aromatic heterocycles. The van der Waals surface area contributed by atoms with Gasteiger partial charge in [0.05, 0.1) is 6.54 Å². The van der Waals surface area contributed by atoms with Crippen LogP contribution in [0.3, 0.4) is 0 Å². The average Bonchev–Trinajstić information content (AvgIpc) is 3.12. The number of nitrogens with zero attached hydrogens (tertiary/aromatic N) is 1. The van der Waals surface area contributed by atoms with Crippen molar-refractivity contribution in [3.05, 3.63) is 35.5 Å². The summed E-state index contributed by atoms with van der Waals surface area (Å²) in [6.45, 7) is 9.79. The van der Waals surface area contributed by atoms with Crippen molar-refractivity contribution >= 4 is 22.9 Å². The lowest BCUT2D eigenvalue weighted by atomic mass is 9.87. The Bertz CT molecular complexity index is 804. The molecule has 1 saturated heterocycles. The lowest BCUT2D eigenvalue weighted by molar-refractivity contribution is 0.0926. The number of benzene rings is 1. The van der Waals surface area contributed by atoms with Crippen LogP contribution in [0.5, 0.6) is 0 Å². The second-order valence-electron chi connectivity index (χ2n) is 7.67.